The molecule has 36 heavy (non-hydrogen) atoms. The lowest BCUT2D eigenvalue weighted by atomic mass is 9.71. The van der Waals surface area contributed by atoms with Gasteiger partial charge in [0.15, 0.2) is 0 Å². The van der Waals surface area contributed by atoms with Gasteiger partial charge in [0.1, 0.15) is 5.41 Å². The molecular weight excluding hydrogens is 446 g/mol. The van der Waals surface area contributed by atoms with Gasteiger partial charge in [0.25, 0.3) is 0 Å². The molecule has 3 atom stereocenters. The van der Waals surface area contributed by atoms with E-state index in [1.807, 2.05) is 42.5 Å². The molecule has 5 heteroatoms. The molecular formula is C31H33N3O2. The van der Waals surface area contributed by atoms with E-state index >= 15 is 0 Å². The Morgan fingerprint density at radius 2 is 1.50 bits per heavy atom. The van der Waals surface area contributed by atoms with Crippen LogP contribution in [0.1, 0.15) is 61.7 Å². The van der Waals surface area contributed by atoms with Crippen molar-refractivity contribution >= 4 is 23.2 Å². The molecule has 2 N–H and O–H groups in total. The highest BCUT2D eigenvalue weighted by atomic mass is 16.2. The molecule has 0 spiro atoms. The van der Waals surface area contributed by atoms with Gasteiger partial charge in [-0.25, -0.2) is 0 Å². The maximum Gasteiger partial charge on any atom is 0.240 e. The molecule has 0 bridgehead atoms. The molecule has 3 aromatic carbocycles. The van der Waals surface area contributed by atoms with Gasteiger partial charge in [-0.1, -0.05) is 86.0 Å². The van der Waals surface area contributed by atoms with Crippen LogP contribution >= 0.6 is 0 Å². The highest BCUT2D eigenvalue weighted by molar-refractivity contribution is 6.10. The second kappa shape index (κ2) is 9.45. The minimum Gasteiger partial charge on any atom is -0.378 e. The first kappa shape index (κ1) is 22.8. The smallest absolute Gasteiger partial charge is 0.240 e. The predicted octanol–water partition coefficient (Wildman–Crippen LogP) is 6.33. The maximum absolute atomic E-state index is 14.5. The third-order valence-electron chi connectivity index (χ3n) is 8.47. The van der Waals surface area contributed by atoms with E-state index in [0.29, 0.717) is 19.4 Å². The molecule has 1 saturated heterocycles. The number of likely N-dealkylation sites (tertiary alicyclic amines) is 1. The number of fused-ring (bicyclic) bond motifs is 3. The SMILES string of the molecule is O=C(Nc1ccccc1)C1(C(=O)N2CC[C@@H]3[C@H](c4ccccc4)Nc4ccccc4[C@@H]32)CCCCC1. The maximum atomic E-state index is 14.5. The molecule has 3 aliphatic rings. The predicted molar refractivity (Wildman–Crippen MR) is 142 cm³/mol. The van der Waals surface area contributed by atoms with Gasteiger partial charge in [-0.3, -0.25) is 9.59 Å². The van der Waals surface area contributed by atoms with Gasteiger partial charge < -0.3 is 15.5 Å². The fourth-order valence-electron chi connectivity index (χ4n) is 6.68. The summed E-state index contributed by atoms with van der Waals surface area (Å²) in [5.41, 5.74) is 3.22. The van der Waals surface area contributed by atoms with Crippen molar-refractivity contribution in [2.75, 3.05) is 17.2 Å². The molecule has 0 radical (unpaired) electrons. The number of hydrogen-bond donors (Lipinski definition) is 2. The molecule has 184 valence electrons. The van der Waals surface area contributed by atoms with E-state index in [0.717, 1.165) is 42.6 Å². The minimum absolute atomic E-state index is 0.00615. The summed E-state index contributed by atoms with van der Waals surface area (Å²) < 4.78 is 0. The number of para-hydroxylation sites is 2. The van der Waals surface area contributed by atoms with Gasteiger partial charge in [0, 0.05) is 23.8 Å². The number of nitrogens with zero attached hydrogens (tertiary/aromatic N) is 1. The minimum atomic E-state index is -1.01. The molecule has 0 unspecified atom stereocenters. The van der Waals surface area contributed by atoms with Crippen LogP contribution in [0.25, 0.3) is 0 Å². The van der Waals surface area contributed by atoms with E-state index in [4.69, 9.17) is 0 Å². The summed E-state index contributed by atoms with van der Waals surface area (Å²) in [5.74, 6) is 0.111. The van der Waals surface area contributed by atoms with E-state index in [9.17, 15) is 9.59 Å². The summed E-state index contributed by atoms with van der Waals surface area (Å²) in [6.45, 7) is 0.674. The average molecular weight is 480 g/mol. The number of amides is 2. The van der Waals surface area contributed by atoms with Crippen molar-refractivity contribution in [3.63, 3.8) is 0 Å². The van der Waals surface area contributed by atoms with Gasteiger partial charge in [0.2, 0.25) is 11.8 Å². The molecule has 2 amide bonds. The van der Waals surface area contributed by atoms with Gasteiger partial charge >= 0.3 is 0 Å². The number of carbonyl (C=O) groups excluding carboxylic acids is 2. The number of nitrogens with one attached hydrogen (secondary N) is 2. The summed E-state index contributed by atoms with van der Waals surface area (Å²) in [6.07, 6.45) is 5.01. The zero-order chi connectivity index (χ0) is 24.5. The van der Waals surface area contributed by atoms with Crippen LogP contribution in [0.5, 0.6) is 0 Å². The first-order valence-electron chi connectivity index (χ1n) is 13.3. The summed E-state index contributed by atoms with van der Waals surface area (Å²) in [7, 11) is 0. The molecule has 3 aromatic rings. The lowest BCUT2D eigenvalue weighted by molar-refractivity contribution is -0.152. The Morgan fingerprint density at radius 3 is 2.25 bits per heavy atom. The van der Waals surface area contributed by atoms with Crippen molar-refractivity contribution in [1.29, 1.82) is 0 Å². The standard InChI is InChI=1S/C31H33N3O2/c35-29(32-23-14-6-2-7-15-23)31(19-10-3-11-20-31)30(36)34-21-18-25-27(22-12-4-1-5-13-22)33-26-17-9-8-16-24(26)28(25)34/h1-2,4-9,12-17,25,27-28,33H,3,10-11,18-21H2,(H,32,35)/t25-,27+,28+/m1/s1. The van der Waals surface area contributed by atoms with E-state index in [-0.39, 0.29) is 29.8 Å². The van der Waals surface area contributed by atoms with E-state index < -0.39 is 5.41 Å². The van der Waals surface area contributed by atoms with Crippen molar-refractivity contribution < 1.29 is 9.59 Å². The molecule has 2 fully saturated rings. The van der Waals surface area contributed by atoms with E-state index in [1.54, 1.807) is 0 Å². The van der Waals surface area contributed by atoms with Crippen LogP contribution in [-0.4, -0.2) is 23.3 Å². The Hall–Kier alpha value is -3.60. The first-order valence-corrected chi connectivity index (χ1v) is 13.3. The van der Waals surface area contributed by atoms with Crippen molar-refractivity contribution in [1.82, 2.24) is 4.90 Å². The normalized spacial score (nSPS) is 24.2. The Balaban J connectivity index is 1.36. The van der Waals surface area contributed by atoms with Crippen LogP contribution in [0, 0.1) is 11.3 Å². The highest BCUT2D eigenvalue weighted by Crippen LogP contribution is 2.53. The van der Waals surface area contributed by atoms with Crippen LogP contribution in [0.15, 0.2) is 84.9 Å². The number of anilines is 2. The topological polar surface area (TPSA) is 61.4 Å². The Kier molecular flexibility index (Phi) is 6.00. The van der Waals surface area contributed by atoms with Crippen molar-refractivity contribution in [2.24, 2.45) is 11.3 Å². The van der Waals surface area contributed by atoms with Crippen LogP contribution in [-0.2, 0) is 9.59 Å². The van der Waals surface area contributed by atoms with Crippen molar-refractivity contribution in [3.8, 4) is 0 Å². The molecule has 5 nitrogen and oxygen atoms in total. The fraction of sp³-hybridized carbons (Fsp3) is 0.355. The Bertz CT molecular complexity index is 1240. The quantitative estimate of drug-likeness (QED) is 0.430. The largest absolute Gasteiger partial charge is 0.378 e. The van der Waals surface area contributed by atoms with Crippen molar-refractivity contribution in [3.05, 3.63) is 96.1 Å². The molecule has 1 saturated carbocycles. The summed E-state index contributed by atoms with van der Waals surface area (Å²) in [4.78, 5) is 30.4. The molecule has 2 heterocycles. The van der Waals surface area contributed by atoms with Crippen LogP contribution in [0.2, 0.25) is 0 Å². The zero-order valence-electron chi connectivity index (χ0n) is 20.5. The fourth-order valence-corrected chi connectivity index (χ4v) is 6.68. The van der Waals surface area contributed by atoms with Crippen LogP contribution in [0.4, 0.5) is 11.4 Å². The Labute approximate surface area is 212 Å². The third-order valence-corrected chi connectivity index (χ3v) is 8.47. The van der Waals surface area contributed by atoms with Crippen molar-refractivity contribution in [2.45, 2.75) is 50.6 Å². The number of benzene rings is 3. The molecule has 2 aliphatic heterocycles. The third kappa shape index (κ3) is 3.87. The second-order valence-electron chi connectivity index (χ2n) is 10.5. The van der Waals surface area contributed by atoms with E-state index in [2.05, 4.69) is 58.0 Å². The molecule has 6 rings (SSSR count). The first-order chi connectivity index (χ1) is 17.7. The Morgan fingerprint density at radius 1 is 0.833 bits per heavy atom. The van der Waals surface area contributed by atoms with Crippen LogP contribution in [0.3, 0.4) is 0 Å². The summed E-state index contributed by atoms with van der Waals surface area (Å²) in [6, 6.07) is 28.5. The van der Waals surface area contributed by atoms with Gasteiger partial charge in [-0.2, -0.15) is 0 Å². The molecule has 0 aromatic heterocycles. The van der Waals surface area contributed by atoms with E-state index in [1.165, 1.54) is 5.56 Å². The molecule has 1 aliphatic carbocycles. The van der Waals surface area contributed by atoms with Gasteiger partial charge in [-0.15, -0.1) is 0 Å². The van der Waals surface area contributed by atoms with Gasteiger partial charge in [0.05, 0.1) is 12.1 Å². The number of rotatable bonds is 4. The number of carbonyl (C=O) groups is 2. The lowest BCUT2D eigenvalue weighted by Crippen LogP contribution is -2.52. The highest BCUT2D eigenvalue weighted by Gasteiger charge is 2.54. The lowest BCUT2D eigenvalue weighted by Gasteiger charge is -2.43. The number of hydrogen-bond acceptors (Lipinski definition) is 3. The van der Waals surface area contributed by atoms with Crippen LogP contribution < -0.4 is 10.6 Å². The summed E-state index contributed by atoms with van der Waals surface area (Å²) in [5, 5.41) is 6.86. The second-order valence-corrected chi connectivity index (χ2v) is 10.5. The zero-order valence-corrected chi connectivity index (χ0v) is 20.5. The summed E-state index contributed by atoms with van der Waals surface area (Å²) >= 11 is 0. The monoisotopic (exact) mass is 479 g/mol. The van der Waals surface area contributed by atoms with Gasteiger partial charge in [-0.05, 0) is 48.6 Å². The average Bonchev–Trinajstić information content (AvgIpc) is 3.39.